The van der Waals surface area contributed by atoms with E-state index in [0.717, 1.165) is 16.4 Å². The first-order valence-electron chi connectivity index (χ1n) is 5.08. The molecule has 92 valence electrons. The van der Waals surface area contributed by atoms with E-state index in [1.54, 1.807) is 12.1 Å². The Hall–Kier alpha value is -1.18. The van der Waals surface area contributed by atoms with Crippen molar-refractivity contribution < 1.29 is 14.5 Å². The zero-order chi connectivity index (χ0) is 12.7. The van der Waals surface area contributed by atoms with Crippen LogP contribution in [0.5, 0.6) is 0 Å². The Kier molecular flexibility index (Phi) is 5.88. The Morgan fingerprint density at radius 1 is 1.35 bits per heavy atom. The Balaban J connectivity index is 2.42. The number of nitro benzene ring substituents is 1. The van der Waals surface area contributed by atoms with Gasteiger partial charge in [0.15, 0.2) is 0 Å². The number of esters is 1. The molecule has 0 atom stereocenters. The number of carbonyl (C=O) groups excluding carboxylic acids is 1. The highest BCUT2D eigenvalue weighted by Gasteiger charge is 2.06. The maximum absolute atomic E-state index is 11.2. The van der Waals surface area contributed by atoms with Crippen LogP contribution in [0.1, 0.15) is 18.4 Å². The fourth-order valence-electron chi connectivity index (χ4n) is 1.16. The van der Waals surface area contributed by atoms with Gasteiger partial charge in [0, 0.05) is 23.0 Å². The minimum Gasteiger partial charge on any atom is -0.461 e. The highest BCUT2D eigenvalue weighted by molar-refractivity contribution is 14.1. The molecule has 0 aliphatic heterocycles. The number of halogens is 1. The number of nitrogens with zero attached hydrogens (tertiary/aromatic N) is 1. The van der Waals surface area contributed by atoms with E-state index in [9.17, 15) is 14.9 Å². The fraction of sp³-hybridized carbons (Fsp3) is 0.364. The second kappa shape index (κ2) is 7.21. The summed E-state index contributed by atoms with van der Waals surface area (Å²) in [6, 6.07) is 5.97. The molecule has 17 heavy (non-hydrogen) atoms. The second-order valence-corrected chi connectivity index (χ2v) is 4.46. The largest absolute Gasteiger partial charge is 0.461 e. The number of nitro groups is 1. The van der Waals surface area contributed by atoms with Gasteiger partial charge in [0.05, 0.1) is 4.92 Å². The average Bonchev–Trinajstić information content (AvgIpc) is 2.34. The van der Waals surface area contributed by atoms with Crippen molar-refractivity contribution in [2.24, 2.45) is 0 Å². The Labute approximate surface area is 112 Å². The number of benzene rings is 1. The standard InChI is InChI=1S/C11H12INO4/c12-7-1-2-11(14)17-8-9-3-5-10(6-4-9)13(15)16/h3-6H,1-2,7-8H2. The van der Waals surface area contributed by atoms with Crippen molar-refractivity contribution in [3.63, 3.8) is 0 Å². The van der Waals surface area contributed by atoms with E-state index in [-0.39, 0.29) is 18.3 Å². The van der Waals surface area contributed by atoms with Crippen molar-refractivity contribution in [1.82, 2.24) is 0 Å². The average molecular weight is 349 g/mol. The van der Waals surface area contributed by atoms with E-state index in [4.69, 9.17) is 4.74 Å². The molecule has 1 rings (SSSR count). The number of rotatable bonds is 6. The molecule has 0 aliphatic rings. The zero-order valence-corrected chi connectivity index (χ0v) is 11.3. The molecule has 0 fully saturated rings. The predicted octanol–water partition coefficient (Wildman–Crippen LogP) is 2.85. The molecule has 0 heterocycles. The highest BCUT2D eigenvalue weighted by atomic mass is 127. The molecular weight excluding hydrogens is 337 g/mol. The lowest BCUT2D eigenvalue weighted by Gasteiger charge is -2.03. The number of ether oxygens (including phenoxy) is 1. The van der Waals surface area contributed by atoms with E-state index in [2.05, 4.69) is 22.6 Å². The van der Waals surface area contributed by atoms with E-state index in [1.807, 2.05) is 0 Å². The lowest BCUT2D eigenvalue weighted by atomic mass is 10.2. The zero-order valence-electron chi connectivity index (χ0n) is 9.10. The molecule has 0 saturated heterocycles. The molecule has 0 amide bonds. The van der Waals surface area contributed by atoms with E-state index >= 15 is 0 Å². The van der Waals surface area contributed by atoms with Crippen LogP contribution < -0.4 is 0 Å². The SMILES string of the molecule is O=C(CCCI)OCc1ccc([N+](=O)[O-])cc1. The molecule has 0 aliphatic carbocycles. The molecule has 0 spiro atoms. The second-order valence-electron chi connectivity index (χ2n) is 3.38. The van der Waals surface area contributed by atoms with Gasteiger partial charge in [-0.15, -0.1) is 0 Å². The molecular formula is C11H12INO4. The molecule has 0 unspecified atom stereocenters. The van der Waals surface area contributed by atoms with E-state index in [0.29, 0.717) is 6.42 Å². The van der Waals surface area contributed by atoms with Gasteiger partial charge >= 0.3 is 5.97 Å². The number of hydrogen-bond acceptors (Lipinski definition) is 4. The van der Waals surface area contributed by atoms with Crippen molar-refractivity contribution in [3.05, 3.63) is 39.9 Å². The summed E-state index contributed by atoms with van der Waals surface area (Å²) in [5, 5.41) is 10.4. The summed E-state index contributed by atoms with van der Waals surface area (Å²) < 4.78 is 5.94. The molecule has 0 N–H and O–H groups in total. The van der Waals surface area contributed by atoms with Gasteiger partial charge in [-0.3, -0.25) is 14.9 Å². The van der Waals surface area contributed by atoms with Crippen molar-refractivity contribution in [1.29, 1.82) is 0 Å². The fourth-order valence-corrected chi connectivity index (χ4v) is 1.54. The van der Waals surface area contributed by atoms with Crippen LogP contribution in [0.4, 0.5) is 5.69 Å². The van der Waals surface area contributed by atoms with Crippen molar-refractivity contribution in [2.75, 3.05) is 4.43 Å². The topological polar surface area (TPSA) is 69.4 Å². The molecule has 5 nitrogen and oxygen atoms in total. The van der Waals surface area contributed by atoms with Crippen LogP contribution in [0.25, 0.3) is 0 Å². The third-order valence-electron chi connectivity index (χ3n) is 2.06. The smallest absolute Gasteiger partial charge is 0.306 e. The van der Waals surface area contributed by atoms with Gasteiger partial charge in [-0.2, -0.15) is 0 Å². The van der Waals surface area contributed by atoms with Crippen LogP contribution in [-0.4, -0.2) is 15.3 Å². The van der Waals surface area contributed by atoms with E-state index < -0.39 is 4.92 Å². The summed E-state index contributed by atoms with van der Waals surface area (Å²) in [6.07, 6.45) is 1.22. The lowest BCUT2D eigenvalue weighted by Crippen LogP contribution is -2.04. The van der Waals surface area contributed by atoms with Crippen LogP contribution in [-0.2, 0) is 16.1 Å². The quantitative estimate of drug-likeness (QED) is 0.260. The minimum atomic E-state index is -0.462. The monoisotopic (exact) mass is 349 g/mol. The summed E-state index contributed by atoms with van der Waals surface area (Å²) in [7, 11) is 0. The van der Waals surface area contributed by atoms with Gasteiger partial charge in [-0.25, -0.2) is 0 Å². The van der Waals surface area contributed by atoms with Crippen molar-refractivity contribution >= 4 is 34.2 Å². The summed E-state index contributed by atoms with van der Waals surface area (Å²) in [5.74, 6) is -0.236. The summed E-state index contributed by atoms with van der Waals surface area (Å²) in [4.78, 5) is 21.2. The van der Waals surface area contributed by atoms with Crippen LogP contribution in [0.3, 0.4) is 0 Å². The Morgan fingerprint density at radius 3 is 2.53 bits per heavy atom. The van der Waals surface area contributed by atoms with Gasteiger partial charge in [-0.1, -0.05) is 22.6 Å². The molecule has 0 saturated carbocycles. The predicted molar refractivity (Wildman–Crippen MR) is 71.0 cm³/mol. The summed E-state index contributed by atoms with van der Waals surface area (Å²) >= 11 is 2.20. The maximum Gasteiger partial charge on any atom is 0.306 e. The molecule has 0 aromatic heterocycles. The summed E-state index contributed by atoms with van der Waals surface area (Å²) in [5.41, 5.74) is 0.781. The number of non-ortho nitro benzene ring substituents is 1. The number of alkyl halides is 1. The maximum atomic E-state index is 11.2. The molecule has 1 aromatic carbocycles. The number of carbonyl (C=O) groups is 1. The number of hydrogen-bond donors (Lipinski definition) is 0. The third kappa shape index (κ3) is 5.12. The normalized spacial score (nSPS) is 9.94. The van der Waals surface area contributed by atoms with Crippen molar-refractivity contribution in [2.45, 2.75) is 19.4 Å². The summed E-state index contributed by atoms with van der Waals surface area (Å²) in [6.45, 7) is 0.165. The van der Waals surface area contributed by atoms with Crippen molar-refractivity contribution in [3.8, 4) is 0 Å². The van der Waals surface area contributed by atoms with Gasteiger partial charge in [0.25, 0.3) is 5.69 Å². The lowest BCUT2D eigenvalue weighted by molar-refractivity contribution is -0.384. The molecule has 0 radical (unpaired) electrons. The van der Waals surface area contributed by atoms with Crippen LogP contribution in [0.2, 0.25) is 0 Å². The molecule has 6 heteroatoms. The molecule has 0 bridgehead atoms. The van der Waals surface area contributed by atoms with Gasteiger partial charge in [-0.05, 0) is 24.1 Å². The highest BCUT2D eigenvalue weighted by Crippen LogP contribution is 2.12. The van der Waals surface area contributed by atoms with Crippen LogP contribution >= 0.6 is 22.6 Å². The first-order chi connectivity index (χ1) is 8.13. The third-order valence-corrected chi connectivity index (χ3v) is 2.82. The molecule has 1 aromatic rings. The minimum absolute atomic E-state index is 0.0324. The van der Waals surface area contributed by atoms with Crippen LogP contribution in [0, 0.1) is 10.1 Å². The van der Waals surface area contributed by atoms with Gasteiger partial charge < -0.3 is 4.74 Å². The van der Waals surface area contributed by atoms with E-state index in [1.165, 1.54) is 12.1 Å². The Morgan fingerprint density at radius 2 is 2.00 bits per heavy atom. The van der Waals surface area contributed by atoms with Gasteiger partial charge in [0.2, 0.25) is 0 Å². The first-order valence-corrected chi connectivity index (χ1v) is 6.61. The first kappa shape index (κ1) is 13.9. The van der Waals surface area contributed by atoms with Crippen LogP contribution in [0.15, 0.2) is 24.3 Å². The Bertz CT molecular complexity index is 391. The van der Waals surface area contributed by atoms with Gasteiger partial charge in [0.1, 0.15) is 6.61 Å².